The molecule has 2 rings (SSSR count). The lowest BCUT2D eigenvalue weighted by Crippen LogP contribution is -2.39. The fraction of sp³-hybridized carbons (Fsp3) is 0.500. The van der Waals surface area contributed by atoms with Crippen molar-refractivity contribution in [2.45, 2.75) is 38.6 Å². The Morgan fingerprint density at radius 1 is 1.40 bits per heavy atom. The number of hydrogen-bond acceptors (Lipinski definition) is 3. The largest absolute Gasteiger partial charge is 0.484 e. The van der Waals surface area contributed by atoms with Gasteiger partial charge >= 0.3 is 0 Å². The summed E-state index contributed by atoms with van der Waals surface area (Å²) >= 11 is 0. The van der Waals surface area contributed by atoms with E-state index in [1.807, 2.05) is 6.07 Å². The molecule has 1 fully saturated rings. The van der Waals surface area contributed by atoms with Crippen molar-refractivity contribution in [3.63, 3.8) is 0 Å². The van der Waals surface area contributed by atoms with Crippen LogP contribution in [-0.2, 0) is 4.79 Å². The quantitative estimate of drug-likeness (QED) is 0.916. The van der Waals surface area contributed by atoms with Crippen molar-refractivity contribution in [1.82, 2.24) is 5.32 Å². The van der Waals surface area contributed by atoms with Gasteiger partial charge in [-0.05, 0) is 49.8 Å². The van der Waals surface area contributed by atoms with E-state index in [0.717, 1.165) is 18.8 Å². The van der Waals surface area contributed by atoms with Gasteiger partial charge < -0.3 is 10.1 Å². The van der Waals surface area contributed by atoms with Gasteiger partial charge in [-0.3, -0.25) is 4.79 Å². The lowest BCUT2D eigenvalue weighted by molar-refractivity contribution is -0.124. The van der Waals surface area contributed by atoms with E-state index in [-0.39, 0.29) is 18.6 Å². The molecule has 0 spiro atoms. The summed E-state index contributed by atoms with van der Waals surface area (Å²) in [5, 5.41) is 11.8. The minimum atomic E-state index is -0.0908. The number of nitrogens with zero attached hydrogens (tertiary/aromatic N) is 1. The molecule has 1 N–H and O–H groups in total. The molecule has 0 unspecified atom stereocenters. The summed E-state index contributed by atoms with van der Waals surface area (Å²) in [7, 11) is 0. The van der Waals surface area contributed by atoms with Crippen LogP contribution in [-0.4, -0.2) is 18.6 Å². The van der Waals surface area contributed by atoms with Crippen molar-refractivity contribution >= 4 is 5.91 Å². The highest BCUT2D eigenvalue weighted by molar-refractivity contribution is 5.77. The van der Waals surface area contributed by atoms with Crippen LogP contribution >= 0.6 is 0 Å². The van der Waals surface area contributed by atoms with E-state index in [1.165, 1.54) is 12.8 Å². The van der Waals surface area contributed by atoms with Gasteiger partial charge in [0.15, 0.2) is 6.61 Å². The second kappa shape index (κ2) is 6.95. The molecule has 1 aliphatic rings. The third kappa shape index (κ3) is 4.27. The molecule has 20 heavy (non-hydrogen) atoms. The molecule has 106 valence electrons. The zero-order chi connectivity index (χ0) is 14.4. The lowest BCUT2D eigenvalue weighted by atomic mass is 9.87. The average molecular weight is 272 g/mol. The number of nitrogens with one attached hydrogen (secondary N) is 1. The van der Waals surface area contributed by atoms with Crippen LogP contribution in [0.4, 0.5) is 0 Å². The second-order valence-corrected chi connectivity index (χ2v) is 5.45. The van der Waals surface area contributed by atoms with E-state index in [9.17, 15) is 4.79 Å². The molecule has 0 bridgehead atoms. The van der Waals surface area contributed by atoms with Gasteiger partial charge in [0.25, 0.3) is 5.91 Å². The van der Waals surface area contributed by atoms with Crippen molar-refractivity contribution in [1.29, 1.82) is 5.26 Å². The first-order valence-electron chi connectivity index (χ1n) is 7.09. The first-order valence-corrected chi connectivity index (χ1v) is 7.09. The number of ether oxygens (including phenoxy) is 1. The predicted molar refractivity (Wildman–Crippen MR) is 76.2 cm³/mol. The van der Waals surface area contributed by atoms with Crippen LogP contribution in [0.1, 0.15) is 38.2 Å². The summed E-state index contributed by atoms with van der Waals surface area (Å²) in [6.45, 7) is 2.25. The van der Waals surface area contributed by atoms with E-state index in [1.54, 1.807) is 24.3 Å². The van der Waals surface area contributed by atoms with Crippen molar-refractivity contribution in [3.8, 4) is 11.8 Å². The average Bonchev–Trinajstić information content (AvgIpc) is 2.48. The Morgan fingerprint density at radius 2 is 2.15 bits per heavy atom. The lowest BCUT2D eigenvalue weighted by Gasteiger charge is -2.26. The highest BCUT2D eigenvalue weighted by Crippen LogP contribution is 2.23. The van der Waals surface area contributed by atoms with Crippen LogP contribution in [0.3, 0.4) is 0 Å². The molecular formula is C16H20N2O2. The van der Waals surface area contributed by atoms with E-state index < -0.39 is 0 Å². The molecule has 0 saturated heterocycles. The SMILES string of the molecule is CC1CCC(NC(=O)COc2cccc(C#N)c2)CC1. The molecule has 0 radical (unpaired) electrons. The Bertz CT molecular complexity index is 499. The standard InChI is InChI=1S/C16H20N2O2/c1-12-5-7-14(8-6-12)18-16(19)11-20-15-4-2-3-13(9-15)10-17/h2-4,9,12,14H,5-8,11H2,1H3,(H,18,19). The molecule has 1 aliphatic carbocycles. The van der Waals surface area contributed by atoms with Crippen LogP contribution in [0.15, 0.2) is 24.3 Å². The molecule has 1 aromatic carbocycles. The van der Waals surface area contributed by atoms with Gasteiger partial charge in [0, 0.05) is 6.04 Å². The minimum absolute atomic E-state index is 0.000928. The molecule has 0 atom stereocenters. The van der Waals surface area contributed by atoms with Gasteiger partial charge in [0.2, 0.25) is 0 Å². The van der Waals surface area contributed by atoms with E-state index in [4.69, 9.17) is 10.00 Å². The third-order valence-electron chi connectivity index (χ3n) is 3.71. The Hall–Kier alpha value is -2.02. The highest BCUT2D eigenvalue weighted by atomic mass is 16.5. The van der Waals surface area contributed by atoms with Gasteiger partial charge in [-0.1, -0.05) is 13.0 Å². The molecule has 0 heterocycles. The normalized spacial score (nSPS) is 21.8. The predicted octanol–water partition coefficient (Wildman–Crippen LogP) is 2.63. The number of benzene rings is 1. The van der Waals surface area contributed by atoms with Gasteiger partial charge in [-0.25, -0.2) is 0 Å². The number of nitriles is 1. The van der Waals surface area contributed by atoms with E-state index in [2.05, 4.69) is 12.2 Å². The summed E-state index contributed by atoms with van der Waals surface area (Å²) in [5.41, 5.74) is 0.532. The van der Waals surface area contributed by atoms with Crippen LogP contribution < -0.4 is 10.1 Å². The second-order valence-electron chi connectivity index (χ2n) is 5.45. The number of rotatable bonds is 4. The Kier molecular flexibility index (Phi) is 5.00. The smallest absolute Gasteiger partial charge is 0.258 e. The fourth-order valence-electron chi connectivity index (χ4n) is 2.48. The fourth-order valence-corrected chi connectivity index (χ4v) is 2.48. The van der Waals surface area contributed by atoms with Crippen LogP contribution in [0.5, 0.6) is 5.75 Å². The highest BCUT2D eigenvalue weighted by Gasteiger charge is 2.19. The Balaban J connectivity index is 1.76. The number of carbonyl (C=O) groups excluding carboxylic acids is 1. The first-order chi connectivity index (χ1) is 9.67. The third-order valence-corrected chi connectivity index (χ3v) is 3.71. The van der Waals surface area contributed by atoms with E-state index >= 15 is 0 Å². The Labute approximate surface area is 119 Å². The molecule has 1 aromatic rings. The van der Waals surface area contributed by atoms with Gasteiger partial charge in [-0.15, -0.1) is 0 Å². The molecule has 4 heteroatoms. The van der Waals surface area contributed by atoms with Gasteiger partial charge in [0.05, 0.1) is 11.6 Å². The number of hydrogen-bond donors (Lipinski definition) is 1. The van der Waals surface area contributed by atoms with Gasteiger partial charge in [0.1, 0.15) is 5.75 Å². The molecule has 0 aliphatic heterocycles. The number of amides is 1. The van der Waals surface area contributed by atoms with Crippen molar-refractivity contribution in [2.75, 3.05) is 6.61 Å². The van der Waals surface area contributed by atoms with Gasteiger partial charge in [-0.2, -0.15) is 5.26 Å². The topological polar surface area (TPSA) is 62.1 Å². The maximum absolute atomic E-state index is 11.8. The number of carbonyl (C=O) groups is 1. The zero-order valence-electron chi connectivity index (χ0n) is 11.8. The maximum atomic E-state index is 11.8. The van der Waals surface area contributed by atoms with E-state index in [0.29, 0.717) is 11.3 Å². The summed E-state index contributed by atoms with van der Waals surface area (Å²) in [4.78, 5) is 11.8. The molecule has 4 nitrogen and oxygen atoms in total. The molecule has 1 amide bonds. The summed E-state index contributed by atoms with van der Waals surface area (Å²) < 4.78 is 5.41. The molecular weight excluding hydrogens is 252 g/mol. The van der Waals surface area contributed by atoms with Crippen LogP contribution in [0.2, 0.25) is 0 Å². The van der Waals surface area contributed by atoms with Crippen molar-refractivity contribution < 1.29 is 9.53 Å². The van der Waals surface area contributed by atoms with Crippen LogP contribution in [0, 0.1) is 17.2 Å². The summed E-state index contributed by atoms with van der Waals surface area (Å²) in [6.07, 6.45) is 4.46. The van der Waals surface area contributed by atoms with Crippen molar-refractivity contribution in [2.24, 2.45) is 5.92 Å². The molecule has 0 aromatic heterocycles. The monoisotopic (exact) mass is 272 g/mol. The molecule has 1 saturated carbocycles. The minimum Gasteiger partial charge on any atom is -0.484 e. The summed E-state index contributed by atoms with van der Waals surface area (Å²) in [5.74, 6) is 1.23. The Morgan fingerprint density at radius 3 is 2.85 bits per heavy atom. The summed E-state index contributed by atoms with van der Waals surface area (Å²) in [6, 6.07) is 9.16. The van der Waals surface area contributed by atoms with Crippen LogP contribution in [0.25, 0.3) is 0 Å². The first kappa shape index (κ1) is 14.4. The maximum Gasteiger partial charge on any atom is 0.258 e. The van der Waals surface area contributed by atoms with Crippen molar-refractivity contribution in [3.05, 3.63) is 29.8 Å². The zero-order valence-corrected chi connectivity index (χ0v) is 11.8.